The lowest BCUT2D eigenvalue weighted by Gasteiger charge is -2.26. The summed E-state index contributed by atoms with van der Waals surface area (Å²) in [4.78, 5) is 0. The van der Waals surface area contributed by atoms with Gasteiger partial charge < -0.3 is 45.2 Å². The van der Waals surface area contributed by atoms with E-state index in [1.54, 1.807) is 0 Å². The molecule has 0 aromatic heterocycles. The van der Waals surface area contributed by atoms with Crippen LogP contribution in [-0.4, -0.2) is 105 Å². The summed E-state index contributed by atoms with van der Waals surface area (Å²) in [5.41, 5.74) is 0. The summed E-state index contributed by atoms with van der Waals surface area (Å²) in [5, 5.41) is 64.3. The molecule has 0 amide bonds. The number of aliphatic hydroxyl groups excluding tert-OH is 7. The minimum absolute atomic E-state index is 0.0151. The van der Waals surface area contributed by atoms with Gasteiger partial charge in [-0.05, 0) is 6.92 Å². The summed E-state index contributed by atoms with van der Waals surface area (Å²) in [5.74, 6) is 0. The Morgan fingerprint density at radius 3 is 1.81 bits per heavy atom. The highest BCUT2D eigenvalue weighted by atomic mass is 16.5. The predicted octanol–water partition coefficient (Wildman–Crippen LogP) is -3.80. The lowest BCUT2D eigenvalue weighted by Crippen LogP contribution is -2.47. The van der Waals surface area contributed by atoms with Gasteiger partial charge in [0.05, 0.1) is 39.1 Å². The Labute approximate surface area is 123 Å². The van der Waals surface area contributed by atoms with Crippen molar-refractivity contribution in [2.24, 2.45) is 0 Å². The van der Waals surface area contributed by atoms with Gasteiger partial charge in [-0.25, -0.2) is 0 Å². The molecule has 0 aromatic rings. The Morgan fingerprint density at radius 2 is 1.33 bits per heavy atom. The largest absolute Gasteiger partial charge is 0.394 e. The maximum atomic E-state index is 9.57. The molecule has 0 aromatic carbocycles. The fourth-order valence-corrected chi connectivity index (χ4v) is 1.41. The van der Waals surface area contributed by atoms with Crippen molar-refractivity contribution < 1.29 is 45.2 Å². The predicted molar refractivity (Wildman–Crippen MR) is 70.4 cm³/mol. The van der Waals surface area contributed by atoms with E-state index in [-0.39, 0.29) is 26.4 Å². The van der Waals surface area contributed by atoms with Gasteiger partial charge >= 0.3 is 0 Å². The van der Waals surface area contributed by atoms with Crippen molar-refractivity contribution in [2.75, 3.05) is 33.0 Å². The molecular weight excluding hydrogens is 288 g/mol. The molecular formula is C12H26O9. The molecule has 0 saturated heterocycles. The van der Waals surface area contributed by atoms with Crippen molar-refractivity contribution in [1.82, 2.24) is 0 Å². The third-order valence-corrected chi connectivity index (χ3v) is 2.69. The molecule has 0 aliphatic rings. The Bertz CT molecular complexity index is 251. The van der Waals surface area contributed by atoms with Gasteiger partial charge in [-0.1, -0.05) is 0 Å². The number of aliphatic hydroxyl groups is 7. The molecule has 0 radical (unpaired) electrons. The molecule has 0 bridgehead atoms. The summed E-state index contributed by atoms with van der Waals surface area (Å²) in [7, 11) is 0. The molecule has 0 spiro atoms. The second-order valence-corrected chi connectivity index (χ2v) is 4.82. The third kappa shape index (κ3) is 8.61. The Hall–Kier alpha value is -0.360. The smallest absolute Gasteiger partial charge is 0.111 e. The maximum Gasteiger partial charge on any atom is 0.111 e. The molecule has 0 fully saturated rings. The van der Waals surface area contributed by atoms with Gasteiger partial charge in [0.25, 0.3) is 0 Å². The second kappa shape index (κ2) is 11.2. The minimum atomic E-state index is -1.71. The van der Waals surface area contributed by atoms with Crippen molar-refractivity contribution in [1.29, 1.82) is 0 Å². The van der Waals surface area contributed by atoms with Gasteiger partial charge in [0.1, 0.15) is 30.5 Å². The Balaban J connectivity index is 4.02. The fraction of sp³-hybridized carbons (Fsp3) is 1.00. The van der Waals surface area contributed by atoms with Crippen LogP contribution in [-0.2, 0) is 9.47 Å². The summed E-state index contributed by atoms with van der Waals surface area (Å²) in [6.07, 6.45) is -7.86. The van der Waals surface area contributed by atoms with Crippen LogP contribution in [0.25, 0.3) is 0 Å². The first-order valence-corrected chi connectivity index (χ1v) is 6.64. The molecule has 9 heteroatoms. The molecule has 0 aliphatic carbocycles. The lowest BCUT2D eigenvalue weighted by molar-refractivity contribution is -0.136. The maximum absolute atomic E-state index is 9.57. The molecule has 0 aliphatic heterocycles. The topological polar surface area (TPSA) is 160 Å². The van der Waals surface area contributed by atoms with Gasteiger partial charge in [0.2, 0.25) is 0 Å². The van der Waals surface area contributed by atoms with Crippen molar-refractivity contribution in [3.8, 4) is 0 Å². The zero-order valence-electron chi connectivity index (χ0n) is 11.9. The van der Waals surface area contributed by atoms with E-state index in [1.807, 2.05) is 0 Å². The van der Waals surface area contributed by atoms with Crippen molar-refractivity contribution in [3.63, 3.8) is 0 Å². The number of rotatable bonds is 12. The van der Waals surface area contributed by atoms with Crippen LogP contribution in [0.15, 0.2) is 0 Å². The highest BCUT2D eigenvalue weighted by molar-refractivity contribution is 4.80. The molecule has 21 heavy (non-hydrogen) atoms. The van der Waals surface area contributed by atoms with Crippen molar-refractivity contribution >= 4 is 0 Å². The monoisotopic (exact) mass is 314 g/mol. The van der Waals surface area contributed by atoms with Gasteiger partial charge in [-0.3, -0.25) is 0 Å². The van der Waals surface area contributed by atoms with E-state index in [1.165, 1.54) is 6.92 Å². The first kappa shape index (κ1) is 20.6. The second-order valence-electron chi connectivity index (χ2n) is 4.82. The first-order chi connectivity index (χ1) is 9.83. The lowest BCUT2D eigenvalue weighted by atomic mass is 10.0. The zero-order valence-corrected chi connectivity index (χ0v) is 11.9. The number of hydrogen-bond donors (Lipinski definition) is 7. The molecule has 7 N–H and O–H groups in total. The van der Waals surface area contributed by atoms with Crippen LogP contribution in [0.1, 0.15) is 6.92 Å². The van der Waals surface area contributed by atoms with E-state index in [9.17, 15) is 15.3 Å². The quantitative estimate of drug-likeness (QED) is 0.192. The normalized spacial score (nSPS) is 20.6. The first-order valence-electron chi connectivity index (χ1n) is 6.64. The van der Waals surface area contributed by atoms with Crippen LogP contribution in [0, 0.1) is 0 Å². The average molecular weight is 314 g/mol. The molecule has 0 saturated carbocycles. The van der Waals surface area contributed by atoms with Crippen molar-refractivity contribution in [2.45, 2.75) is 43.5 Å². The molecule has 6 atom stereocenters. The van der Waals surface area contributed by atoms with E-state index < -0.39 is 43.2 Å². The van der Waals surface area contributed by atoms with Gasteiger partial charge in [-0.15, -0.1) is 0 Å². The average Bonchev–Trinajstić information content (AvgIpc) is 2.47. The van der Waals surface area contributed by atoms with Gasteiger partial charge in [0.15, 0.2) is 0 Å². The SMILES string of the molecule is CC(O)COC(CO)COC[C@H](O)[C@@H](O)[C@H](O)[C@H](O)CO. The molecule has 0 rings (SSSR count). The number of ether oxygens (including phenoxy) is 2. The van der Waals surface area contributed by atoms with Gasteiger partial charge in [-0.2, -0.15) is 0 Å². The Morgan fingerprint density at radius 1 is 0.762 bits per heavy atom. The molecule has 128 valence electrons. The zero-order chi connectivity index (χ0) is 16.4. The van der Waals surface area contributed by atoms with E-state index in [2.05, 4.69) is 0 Å². The standard InChI is InChI=1S/C12H26O9/c1-7(15)4-21-8(2-13)5-20-6-10(17)12(19)11(18)9(16)3-14/h7-19H,2-6H2,1H3/t7?,8?,9-,10+,11-,12-/m1/s1. The molecule has 2 unspecified atom stereocenters. The highest BCUT2D eigenvalue weighted by Crippen LogP contribution is 2.06. The van der Waals surface area contributed by atoms with Crippen LogP contribution < -0.4 is 0 Å². The molecule has 9 nitrogen and oxygen atoms in total. The molecule has 0 heterocycles. The third-order valence-electron chi connectivity index (χ3n) is 2.69. The van der Waals surface area contributed by atoms with Crippen LogP contribution in [0.5, 0.6) is 0 Å². The summed E-state index contributed by atoms with van der Waals surface area (Å²) < 4.78 is 10.1. The minimum Gasteiger partial charge on any atom is -0.394 e. The van der Waals surface area contributed by atoms with Crippen molar-refractivity contribution in [3.05, 3.63) is 0 Å². The highest BCUT2D eigenvalue weighted by Gasteiger charge is 2.30. The van der Waals surface area contributed by atoms with Gasteiger partial charge in [0, 0.05) is 0 Å². The summed E-state index contributed by atoms with van der Waals surface area (Å²) in [6.45, 7) is -0.0379. The van der Waals surface area contributed by atoms with Crippen LogP contribution in [0.2, 0.25) is 0 Å². The fourth-order valence-electron chi connectivity index (χ4n) is 1.41. The van der Waals surface area contributed by atoms with Crippen LogP contribution in [0.3, 0.4) is 0 Å². The van der Waals surface area contributed by atoms with E-state index in [0.717, 1.165) is 0 Å². The van der Waals surface area contributed by atoms with E-state index in [0.29, 0.717) is 0 Å². The Kier molecular flexibility index (Phi) is 11.0. The number of hydrogen-bond acceptors (Lipinski definition) is 9. The van der Waals surface area contributed by atoms with Crippen LogP contribution >= 0.6 is 0 Å². The summed E-state index contributed by atoms with van der Waals surface area (Å²) in [6, 6.07) is 0. The van der Waals surface area contributed by atoms with E-state index >= 15 is 0 Å². The summed E-state index contributed by atoms with van der Waals surface area (Å²) >= 11 is 0. The van der Waals surface area contributed by atoms with Crippen LogP contribution in [0.4, 0.5) is 0 Å². The van der Waals surface area contributed by atoms with E-state index in [4.69, 9.17) is 29.9 Å².